The topological polar surface area (TPSA) is 141 Å². The third-order valence-corrected chi connectivity index (χ3v) is 7.24. The second-order valence-corrected chi connectivity index (χ2v) is 10.1. The van der Waals surface area contributed by atoms with Crippen molar-refractivity contribution >= 4 is 35.5 Å². The summed E-state index contributed by atoms with van der Waals surface area (Å²) in [7, 11) is 0. The van der Waals surface area contributed by atoms with E-state index in [2.05, 4.69) is 29.1 Å². The Labute approximate surface area is 218 Å². The number of hydrogen-bond donors (Lipinski definition) is 2. The Kier molecular flexibility index (Phi) is 6.30. The smallest absolute Gasteiger partial charge is 0.401 e. The summed E-state index contributed by atoms with van der Waals surface area (Å²) in [6, 6.07) is 2.38. The zero-order valence-corrected chi connectivity index (χ0v) is 21.5. The van der Waals surface area contributed by atoms with E-state index < -0.39 is 23.6 Å². The molecule has 3 aromatic rings. The summed E-state index contributed by atoms with van der Waals surface area (Å²) in [6.45, 7) is 7.64. The first kappa shape index (κ1) is 25.6. The molecule has 38 heavy (non-hydrogen) atoms. The molecule has 0 radical (unpaired) electrons. The molecular formula is C26H29FN6O5. The van der Waals surface area contributed by atoms with Gasteiger partial charge in [-0.15, -0.1) is 0 Å². The van der Waals surface area contributed by atoms with Crippen LogP contribution in [0.15, 0.2) is 24.7 Å². The van der Waals surface area contributed by atoms with E-state index in [0.29, 0.717) is 16.9 Å². The lowest BCUT2D eigenvalue weighted by Crippen LogP contribution is -2.52. The van der Waals surface area contributed by atoms with Gasteiger partial charge in [0.1, 0.15) is 17.2 Å². The molecule has 1 amide bonds. The maximum Gasteiger partial charge on any atom is 0.401 e. The van der Waals surface area contributed by atoms with Gasteiger partial charge in [0.05, 0.1) is 12.1 Å². The van der Waals surface area contributed by atoms with Crippen molar-refractivity contribution < 1.29 is 28.2 Å². The number of rotatable bonds is 5. The molecule has 0 spiro atoms. The molecule has 12 heteroatoms. The van der Waals surface area contributed by atoms with Gasteiger partial charge in [-0.05, 0) is 58.1 Å². The number of imidazole rings is 1. The predicted molar refractivity (Wildman–Crippen MR) is 134 cm³/mol. The molecular weight excluding hydrogens is 495 g/mol. The maximum absolute atomic E-state index is 16.0. The largest absolute Gasteiger partial charge is 0.405 e. The summed E-state index contributed by atoms with van der Waals surface area (Å²) in [5.41, 5.74) is 7.93. The summed E-state index contributed by atoms with van der Waals surface area (Å²) in [5, 5.41) is 3.51. The molecule has 5 heterocycles. The number of pyridine rings is 2. The predicted octanol–water partition coefficient (Wildman–Crippen LogP) is 2.28. The third kappa shape index (κ3) is 4.14. The molecule has 11 nitrogen and oxygen atoms in total. The number of nitrogens with two attached hydrogens (primary N) is 1. The van der Waals surface area contributed by atoms with Crippen molar-refractivity contribution in [2.45, 2.75) is 70.9 Å². The number of hydrogen-bond acceptors (Lipinski definition) is 9. The molecule has 0 saturated carbocycles. The molecule has 3 aromatic heterocycles. The number of piperidine rings is 1. The number of fused-ring (bicyclic) bond motifs is 2. The molecule has 0 bridgehead atoms. The van der Waals surface area contributed by atoms with E-state index in [9.17, 15) is 14.4 Å². The van der Waals surface area contributed by atoms with Gasteiger partial charge in [0.15, 0.2) is 5.82 Å². The first-order chi connectivity index (χ1) is 18.0. The lowest BCUT2D eigenvalue weighted by molar-refractivity contribution is -0.215. The minimum absolute atomic E-state index is 0.0815. The minimum Gasteiger partial charge on any atom is -0.405 e. The highest BCUT2D eigenvalue weighted by Gasteiger charge is 2.54. The molecule has 1 fully saturated rings. The summed E-state index contributed by atoms with van der Waals surface area (Å²) < 4.78 is 28.5. The van der Waals surface area contributed by atoms with Crippen LogP contribution in [0.3, 0.4) is 0 Å². The van der Waals surface area contributed by atoms with Crippen molar-refractivity contribution in [1.82, 2.24) is 19.7 Å². The van der Waals surface area contributed by atoms with Crippen molar-refractivity contribution in [1.29, 1.82) is 0 Å². The Morgan fingerprint density at radius 3 is 2.61 bits per heavy atom. The molecule has 2 aliphatic heterocycles. The van der Waals surface area contributed by atoms with Crippen molar-refractivity contribution in [2.75, 3.05) is 4.90 Å². The van der Waals surface area contributed by atoms with Crippen LogP contribution in [0.25, 0.3) is 5.65 Å². The number of ether oxygens (including phenoxy) is 2. The summed E-state index contributed by atoms with van der Waals surface area (Å²) in [6.07, 6.45) is 6.23. The second kappa shape index (κ2) is 9.35. The van der Waals surface area contributed by atoms with Gasteiger partial charge in [0.25, 0.3) is 6.47 Å². The number of nitrogens with zero attached hydrogens (tertiary/aromatic N) is 4. The van der Waals surface area contributed by atoms with Gasteiger partial charge in [-0.2, -0.15) is 0 Å². The Balaban J connectivity index is 1.75. The summed E-state index contributed by atoms with van der Waals surface area (Å²) >= 11 is 0. The molecule has 2 aliphatic rings. The van der Waals surface area contributed by atoms with Crippen LogP contribution >= 0.6 is 0 Å². The Morgan fingerprint density at radius 2 is 1.95 bits per heavy atom. The van der Waals surface area contributed by atoms with Crippen LogP contribution in [0, 0.1) is 19.7 Å². The molecule has 2 unspecified atom stereocenters. The first-order valence-electron chi connectivity index (χ1n) is 12.4. The van der Waals surface area contributed by atoms with Gasteiger partial charge in [-0.25, -0.2) is 24.1 Å². The van der Waals surface area contributed by atoms with Gasteiger partial charge in [0.2, 0.25) is 0 Å². The molecule has 3 N–H and O–H groups in total. The Morgan fingerprint density at radius 1 is 1.24 bits per heavy atom. The van der Waals surface area contributed by atoms with Crippen molar-refractivity contribution in [3.05, 3.63) is 52.9 Å². The van der Waals surface area contributed by atoms with E-state index in [1.807, 2.05) is 6.07 Å². The number of amides is 1. The van der Waals surface area contributed by atoms with E-state index >= 15 is 4.39 Å². The number of nitrogens with one attached hydrogen (secondary N) is 1. The number of halogens is 1. The second-order valence-electron chi connectivity index (χ2n) is 10.1. The van der Waals surface area contributed by atoms with Gasteiger partial charge >= 0.3 is 17.8 Å². The lowest BCUT2D eigenvalue weighted by Gasteiger charge is -2.36. The molecule has 1 saturated heterocycles. The third-order valence-electron chi connectivity index (χ3n) is 7.24. The van der Waals surface area contributed by atoms with Crippen LogP contribution in [0.4, 0.5) is 15.9 Å². The summed E-state index contributed by atoms with van der Waals surface area (Å²) in [4.78, 5) is 46.1. The van der Waals surface area contributed by atoms with Crippen LogP contribution in [-0.4, -0.2) is 50.7 Å². The van der Waals surface area contributed by atoms with Crippen LogP contribution in [0.2, 0.25) is 0 Å². The molecule has 0 aromatic carbocycles. The molecule has 5 rings (SSSR count). The molecule has 200 valence electrons. The van der Waals surface area contributed by atoms with Crippen molar-refractivity contribution in [3.8, 4) is 0 Å². The highest BCUT2D eigenvalue weighted by Crippen LogP contribution is 2.49. The van der Waals surface area contributed by atoms with Crippen LogP contribution < -0.4 is 16.0 Å². The lowest BCUT2D eigenvalue weighted by atomic mass is 9.82. The van der Waals surface area contributed by atoms with E-state index in [0.717, 1.165) is 18.4 Å². The quantitative estimate of drug-likeness (QED) is 0.223. The highest BCUT2D eigenvalue weighted by atomic mass is 19.1. The number of aromatic nitrogens is 3. The fraction of sp³-hybridized carbons (Fsp3) is 0.423. The Hall–Kier alpha value is -4.06. The zero-order chi connectivity index (χ0) is 27.4. The zero-order valence-electron chi connectivity index (χ0n) is 21.5. The number of esters is 1. The molecule has 0 aliphatic carbocycles. The highest BCUT2D eigenvalue weighted by molar-refractivity contribution is 6.31. The number of aryl methyl sites for hydroxylation is 2. The van der Waals surface area contributed by atoms with E-state index in [1.54, 1.807) is 30.6 Å². The van der Waals surface area contributed by atoms with Gasteiger partial charge in [-0.3, -0.25) is 9.59 Å². The van der Waals surface area contributed by atoms with Crippen LogP contribution in [-0.2, 0) is 30.3 Å². The molecule has 4 atom stereocenters. The van der Waals surface area contributed by atoms with Crippen LogP contribution in [0.1, 0.15) is 55.0 Å². The van der Waals surface area contributed by atoms with Gasteiger partial charge in [-0.1, -0.05) is 0 Å². The monoisotopic (exact) mass is 524 g/mol. The first-order valence-corrected chi connectivity index (χ1v) is 12.4. The number of anilines is 2. The SMILES string of the molecule is Cc1cn2cc(N3c4nccc(C5C[C@@H](C)N[C@@H](C)C5)c4CC3(OC=O)OC(=O)C(N)=O)c(F)c(C)c2n1. The maximum atomic E-state index is 16.0. The normalized spacial score (nSPS) is 24.8. The minimum atomic E-state index is -2.24. The number of primary amides is 1. The fourth-order valence-corrected chi connectivity index (χ4v) is 5.84. The number of carbonyl (C=O) groups is 3. The van der Waals surface area contributed by atoms with E-state index in [1.165, 1.54) is 11.1 Å². The average molecular weight is 525 g/mol. The fourth-order valence-electron chi connectivity index (χ4n) is 5.84. The Bertz CT molecular complexity index is 1450. The van der Waals surface area contributed by atoms with Gasteiger partial charge < -0.3 is 24.9 Å². The van der Waals surface area contributed by atoms with E-state index in [4.69, 9.17) is 15.2 Å². The van der Waals surface area contributed by atoms with Crippen LogP contribution in [0.5, 0.6) is 0 Å². The number of carbonyl (C=O) groups excluding carboxylic acids is 3. The summed E-state index contributed by atoms with van der Waals surface area (Å²) in [5.74, 6) is -5.38. The van der Waals surface area contributed by atoms with Gasteiger partial charge in [0, 0.05) is 41.8 Å². The van der Waals surface area contributed by atoms with Crippen molar-refractivity contribution in [3.63, 3.8) is 0 Å². The average Bonchev–Trinajstić information content (AvgIpc) is 3.37. The van der Waals surface area contributed by atoms with E-state index in [-0.39, 0.29) is 48.0 Å². The van der Waals surface area contributed by atoms with Crippen molar-refractivity contribution in [2.24, 2.45) is 5.73 Å². The standard InChI is InChI=1S/C26H29FN6O5/c1-13-7-17(8-14(2)30-13)18-5-6-29-24-19(18)9-26(37-12-34,38-25(36)22(28)35)33(24)20-11-32-10-15(3)31-23(32)16(4)21(20)27/h5-6,10-14,17,30H,7-9H2,1-4H3,(H2,28,35)/t13-,14+,17?,26?.